The van der Waals surface area contributed by atoms with Gasteiger partial charge in [0.25, 0.3) is 0 Å². The van der Waals surface area contributed by atoms with E-state index in [-0.39, 0.29) is 5.78 Å². The summed E-state index contributed by atoms with van der Waals surface area (Å²) >= 11 is 0. The summed E-state index contributed by atoms with van der Waals surface area (Å²) in [5.74, 6) is 0.189. The largest absolute Gasteiger partial charge is 0.368 e. The second-order valence-corrected chi connectivity index (χ2v) is 4.30. The highest BCUT2D eigenvalue weighted by Crippen LogP contribution is 2.04. The van der Waals surface area contributed by atoms with E-state index in [2.05, 4.69) is 4.58 Å². The van der Waals surface area contributed by atoms with E-state index in [0.29, 0.717) is 6.42 Å². The van der Waals surface area contributed by atoms with E-state index in [0.717, 1.165) is 37.6 Å². The fraction of sp³-hybridized carbons (Fsp3) is 0.429. The Bertz CT molecular complexity index is 415. The van der Waals surface area contributed by atoms with Crippen molar-refractivity contribution < 1.29 is 14.1 Å². The number of hydrogen-bond donors (Lipinski definition) is 0. The Morgan fingerprint density at radius 1 is 1.24 bits per heavy atom. The summed E-state index contributed by atoms with van der Waals surface area (Å²) in [5, 5.41) is 0. The van der Waals surface area contributed by atoms with Crippen molar-refractivity contribution in [2.24, 2.45) is 0 Å². The number of carbonyl (C=O) groups excluding carboxylic acids is 1. The zero-order valence-corrected chi connectivity index (χ0v) is 10.2. The van der Waals surface area contributed by atoms with E-state index < -0.39 is 0 Å². The number of carbonyl (C=O) groups is 1. The zero-order valence-electron chi connectivity index (χ0n) is 10.2. The van der Waals surface area contributed by atoms with Crippen LogP contribution in [0.25, 0.3) is 0 Å². The first-order chi connectivity index (χ1) is 8.27. The molecule has 0 saturated carbocycles. The predicted octanol–water partition coefficient (Wildman–Crippen LogP) is 1.76. The molecule has 3 nitrogen and oxygen atoms in total. The molecule has 1 aromatic rings. The first kappa shape index (κ1) is 12.0. The van der Waals surface area contributed by atoms with Crippen molar-refractivity contribution in [1.82, 2.24) is 0 Å². The van der Waals surface area contributed by atoms with Gasteiger partial charge in [-0.2, -0.15) is 0 Å². The number of ether oxygens (including phenoxy) is 1. The number of Topliss-reactive ketones (excluding diaryl/α,β-unsaturated/α-hetero) is 1. The lowest BCUT2D eigenvalue weighted by Crippen LogP contribution is -2.33. The number of hydrogen-bond acceptors (Lipinski definition) is 2. The molecule has 0 bridgehead atoms. The summed E-state index contributed by atoms with van der Waals surface area (Å²) in [4.78, 5) is 12.0. The highest BCUT2D eigenvalue weighted by Gasteiger charge is 2.17. The summed E-state index contributed by atoms with van der Waals surface area (Å²) in [6.07, 6.45) is 0.504. The molecule has 1 heterocycles. The third kappa shape index (κ3) is 3.24. The fourth-order valence-electron chi connectivity index (χ4n) is 2.02. The summed E-state index contributed by atoms with van der Waals surface area (Å²) in [6.45, 7) is 5.35. The Hall–Kier alpha value is -1.48. The average Bonchev–Trinajstić information content (AvgIpc) is 2.40. The van der Waals surface area contributed by atoms with Gasteiger partial charge in [-0.1, -0.05) is 30.3 Å². The van der Waals surface area contributed by atoms with Gasteiger partial charge in [0.15, 0.2) is 24.6 Å². The van der Waals surface area contributed by atoms with Crippen LogP contribution >= 0.6 is 0 Å². The Morgan fingerprint density at radius 3 is 2.53 bits per heavy atom. The van der Waals surface area contributed by atoms with E-state index in [1.807, 2.05) is 37.3 Å². The minimum atomic E-state index is 0.189. The standard InChI is InChI=1S/C14H18NO2/c1-12(15-7-9-17-10-8-15)11-14(16)13-5-3-2-4-6-13/h2-6H,7-11H2,1H3/q+1. The molecule has 1 aromatic carbocycles. The third-order valence-electron chi connectivity index (χ3n) is 3.06. The van der Waals surface area contributed by atoms with Gasteiger partial charge in [-0.15, -0.1) is 0 Å². The molecule has 1 fully saturated rings. The number of nitrogens with zero attached hydrogens (tertiary/aromatic N) is 1. The molecular weight excluding hydrogens is 214 g/mol. The minimum Gasteiger partial charge on any atom is -0.368 e. The third-order valence-corrected chi connectivity index (χ3v) is 3.06. The number of benzene rings is 1. The minimum absolute atomic E-state index is 0.189. The van der Waals surface area contributed by atoms with Gasteiger partial charge in [-0.05, 0) is 0 Å². The molecule has 0 spiro atoms. The Kier molecular flexibility index (Phi) is 4.04. The molecular formula is C14H18NO2+. The summed E-state index contributed by atoms with van der Waals surface area (Å²) in [6, 6.07) is 9.47. The summed E-state index contributed by atoms with van der Waals surface area (Å²) in [7, 11) is 0. The Morgan fingerprint density at radius 2 is 1.88 bits per heavy atom. The molecule has 1 aliphatic rings. The number of rotatable bonds is 3. The lowest BCUT2D eigenvalue weighted by Gasteiger charge is -2.13. The van der Waals surface area contributed by atoms with Crippen molar-refractivity contribution in [1.29, 1.82) is 0 Å². The van der Waals surface area contributed by atoms with Crippen LogP contribution in [0.4, 0.5) is 0 Å². The monoisotopic (exact) mass is 232 g/mol. The van der Waals surface area contributed by atoms with Crippen LogP contribution in [0, 0.1) is 0 Å². The quantitative estimate of drug-likeness (QED) is 0.587. The van der Waals surface area contributed by atoms with Crippen molar-refractivity contribution in [2.75, 3.05) is 26.3 Å². The van der Waals surface area contributed by atoms with Gasteiger partial charge in [0.05, 0.1) is 6.42 Å². The van der Waals surface area contributed by atoms with Crippen LogP contribution in [0.2, 0.25) is 0 Å². The summed E-state index contributed by atoms with van der Waals surface area (Å²) < 4.78 is 7.54. The van der Waals surface area contributed by atoms with Crippen LogP contribution in [0.5, 0.6) is 0 Å². The molecule has 0 atom stereocenters. The van der Waals surface area contributed by atoms with Gasteiger partial charge < -0.3 is 4.74 Å². The van der Waals surface area contributed by atoms with Gasteiger partial charge in [-0.3, -0.25) is 4.79 Å². The van der Waals surface area contributed by atoms with Gasteiger partial charge in [0.1, 0.15) is 13.2 Å². The molecule has 0 aromatic heterocycles. The van der Waals surface area contributed by atoms with Crippen molar-refractivity contribution >= 4 is 11.5 Å². The molecule has 0 N–H and O–H groups in total. The molecule has 17 heavy (non-hydrogen) atoms. The molecule has 0 amide bonds. The highest BCUT2D eigenvalue weighted by molar-refractivity contribution is 6.07. The lowest BCUT2D eigenvalue weighted by molar-refractivity contribution is -0.550. The first-order valence-corrected chi connectivity index (χ1v) is 6.01. The van der Waals surface area contributed by atoms with Gasteiger partial charge in [-0.25, -0.2) is 4.58 Å². The van der Waals surface area contributed by atoms with Crippen LogP contribution in [-0.4, -0.2) is 42.4 Å². The predicted molar refractivity (Wildman–Crippen MR) is 66.9 cm³/mol. The molecule has 2 rings (SSSR count). The molecule has 0 unspecified atom stereocenters. The van der Waals surface area contributed by atoms with Crippen molar-refractivity contribution in [3.05, 3.63) is 35.9 Å². The maximum absolute atomic E-state index is 12.0. The number of ketones is 1. The molecule has 1 aliphatic heterocycles. The smallest absolute Gasteiger partial charge is 0.172 e. The molecule has 0 aliphatic carbocycles. The summed E-state index contributed by atoms with van der Waals surface area (Å²) in [5.41, 5.74) is 1.93. The average molecular weight is 232 g/mol. The molecule has 1 saturated heterocycles. The van der Waals surface area contributed by atoms with E-state index in [1.54, 1.807) is 0 Å². The second kappa shape index (κ2) is 5.73. The van der Waals surface area contributed by atoms with Crippen LogP contribution in [0.3, 0.4) is 0 Å². The van der Waals surface area contributed by atoms with Gasteiger partial charge in [0, 0.05) is 12.5 Å². The van der Waals surface area contributed by atoms with Crippen LogP contribution < -0.4 is 0 Å². The van der Waals surface area contributed by atoms with E-state index in [4.69, 9.17) is 4.74 Å². The van der Waals surface area contributed by atoms with Crippen LogP contribution in [0.15, 0.2) is 30.3 Å². The van der Waals surface area contributed by atoms with Crippen LogP contribution in [0.1, 0.15) is 23.7 Å². The van der Waals surface area contributed by atoms with Gasteiger partial charge >= 0.3 is 0 Å². The highest BCUT2D eigenvalue weighted by atomic mass is 16.5. The van der Waals surface area contributed by atoms with E-state index >= 15 is 0 Å². The first-order valence-electron chi connectivity index (χ1n) is 6.01. The van der Waals surface area contributed by atoms with E-state index in [1.165, 1.54) is 0 Å². The second-order valence-electron chi connectivity index (χ2n) is 4.30. The van der Waals surface area contributed by atoms with Crippen LogP contribution in [-0.2, 0) is 4.74 Å². The Balaban J connectivity index is 2.03. The van der Waals surface area contributed by atoms with Crippen molar-refractivity contribution in [3.63, 3.8) is 0 Å². The van der Waals surface area contributed by atoms with Gasteiger partial charge in [0.2, 0.25) is 0 Å². The zero-order chi connectivity index (χ0) is 12.1. The lowest BCUT2D eigenvalue weighted by atomic mass is 10.1. The van der Waals surface area contributed by atoms with E-state index in [9.17, 15) is 4.79 Å². The molecule has 0 radical (unpaired) electrons. The maximum atomic E-state index is 12.0. The Labute approximate surface area is 102 Å². The molecule has 90 valence electrons. The molecule has 3 heteroatoms. The maximum Gasteiger partial charge on any atom is 0.172 e. The SMILES string of the molecule is CC(CC(=O)c1ccccc1)=[N+]1CCOCC1. The topological polar surface area (TPSA) is 29.3 Å². The fourth-order valence-corrected chi connectivity index (χ4v) is 2.02. The van der Waals surface area contributed by atoms with Crippen molar-refractivity contribution in [2.45, 2.75) is 13.3 Å². The number of morpholine rings is 1. The normalized spacial score (nSPS) is 15.7. The van der Waals surface area contributed by atoms with Crippen molar-refractivity contribution in [3.8, 4) is 0 Å².